The SMILES string of the molecule is CC1(C)CN(C(=O)CN2CCOCC2)c2cc(N)ccc21. The van der Waals surface area contributed by atoms with Crippen LogP contribution in [0.15, 0.2) is 18.2 Å². The summed E-state index contributed by atoms with van der Waals surface area (Å²) >= 11 is 0. The molecule has 0 unspecified atom stereocenters. The highest BCUT2D eigenvalue weighted by molar-refractivity contribution is 5.98. The van der Waals surface area contributed by atoms with E-state index >= 15 is 0 Å². The van der Waals surface area contributed by atoms with Gasteiger partial charge in [-0.15, -0.1) is 0 Å². The van der Waals surface area contributed by atoms with Crippen LogP contribution >= 0.6 is 0 Å². The van der Waals surface area contributed by atoms with Gasteiger partial charge in [-0.05, 0) is 17.7 Å². The molecular formula is C16H23N3O2. The standard InChI is InChI=1S/C16H23N3O2/c1-16(2)11-19(14-9-12(17)3-4-13(14)16)15(20)10-18-5-7-21-8-6-18/h3-4,9H,5-8,10-11,17H2,1-2H3. The van der Waals surface area contributed by atoms with Crippen molar-refractivity contribution < 1.29 is 9.53 Å². The number of nitrogen functional groups attached to an aromatic ring is 1. The first-order valence-corrected chi connectivity index (χ1v) is 7.48. The molecule has 2 heterocycles. The number of carbonyl (C=O) groups is 1. The average Bonchev–Trinajstić information content (AvgIpc) is 2.71. The first-order valence-electron chi connectivity index (χ1n) is 7.48. The molecule has 2 aliphatic rings. The number of nitrogens with zero attached hydrogens (tertiary/aromatic N) is 2. The third-order valence-corrected chi connectivity index (χ3v) is 4.36. The van der Waals surface area contributed by atoms with Crippen LogP contribution in [0, 0.1) is 0 Å². The molecule has 0 atom stereocenters. The molecule has 2 aliphatic heterocycles. The zero-order chi connectivity index (χ0) is 15.0. The number of nitrogens with two attached hydrogens (primary N) is 1. The molecule has 1 aromatic rings. The van der Waals surface area contributed by atoms with Gasteiger partial charge in [-0.2, -0.15) is 0 Å². The lowest BCUT2D eigenvalue weighted by atomic mass is 9.87. The van der Waals surface area contributed by atoms with Gasteiger partial charge in [0.25, 0.3) is 0 Å². The molecule has 0 bridgehead atoms. The topological polar surface area (TPSA) is 58.8 Å². The van der Waals surface area contributed by atoms with Gasteiger partial charge in [0.15, 0.2) is 0 Å². The van der Waals surface area contributed by atoms with Gasteiger partial charge in [-0.25, -0.2) is 0 Å². The molecule has 21 heavy (non-hydrogen) atoms. The minimum atomic E-state index is -0.0241. The Morgan fingerprint density at radius 2 is 2.05 bits per heavy atom. The Morgan fingerprint density at radius 3 is 2.76 bits per heavy atom. The largest absolute Gasteiger partial charge is 0.399 e. The predicted molar refractivity (Wildman–Crippen MR) is 83.5 cm³/mol. The molecule has 0 spiro atoms. The molecule has 114 valence electrons. The van der Waals surface area contributed by atoms with Crippen LogP contribution in [0.1, 0.15) is 19.4 Å². The van der Waals surface area contributed by atoms with Gasteiger partial charge < -0.3 is 15.4 Å². The quantitative estimate of drug-likeness (QED) is 0.832. The highest BCUT2D eigenvalue weighted by Crippen LogP contribution is 2.41. The van der Waals surface area contributed by atoms with Crippen molar-refractivity contribution in [3.05, 3.63) is 23.8 Å². The normalized spacial score (nSPS) is 21.3. The van der Waals surface area contributed by atoms with Gasteiger partial charge in [0.05, 0.1) is 19.8 Å². The summed E-state index contributed by atoms with van der Waals surface area (Å²) in [7, 11) is 0. The molecule has 0 saturated carbocycles. The summed E-state index contributed by atoms with van der Waals surface area (Å²) < 4.78 is 5.33. The highest BCUT2D eigenvalue weighted by Gasteiger charge is 2.38. The van der Waals surface area contributed by atoms with E-state index in [1.807, 2.05) is 23.1 Å². The van der Waals surface area contributed by atoms with Gasteiger partial charge in [0.2, 0.25) is 5.91 Å². The zero-order valence-corrected chi connectivity index (χ0v) is 12.8. The molecule has 5 nitrogen and oxygen atoms in total. The second kappa shape index (κ2) is 5.31. The summed E-state index contributed by atoms with van der Waals surface area (Å²) in [4.78, 5) is 16.7. The third-order valence-electron chi connectivity index (χ3n) is 4.36. The van der Waals surface area contributed by atoms with Gasteiger partial charge in [0, 0.05) is 36.4 Å². The van der Waals surface area contributed by atoms with E-state index in [4.69, 9.17) is 10.5 Å². The minimum absolute atomic E-state index is 0.0241. The van der Waals surface area contributed by atoms with Gasteiger partial charge in [-0.1, -0.05) is 19.9 Å². The highest BCUT2D eigenvalue weighted by atomic mass is 16.5. The number of anilines is 2. The Kier molecular flexibility index (Phi) is 3.63. The molecule has 2 N–H and O–H groups in total. The maximum Gasteiger partial charge on any atom is 0.241 e. The number of hydrogen-bond acceptors (Lipinski definition) is 4. The van der Waals surface area contributed by atoms with Crippen LogP contribution in [-0.2, 0) is 14.9 Å². The van der Waals surface area contributed by atoms with Crippen molar-refractivity contribution >= 4 is 17.3 Å². The van der Waals surface area contributed by atoms with Crippen LogP contribution in [-0.4, -0.2) is 50.2 Å². The lowest BCUT2D eigenvalue weighted by molar-refractivity contribution is -0.120. The molecule has 1 saturated heterocycles. The van der Waals surface area contributed by atoms with Crippen molar-refractivity contribution in [3.63, 3.8) is 0 Å². The van der Waals surface area contributed by atoms with Gasteiger partial charge in [0.1, 0.15) is 0 Å². The molecule has 1 fully saturated rings. The number of ether oxygens (including phenoxy) is 1. The fraction of sp³-hybridized carbons (Fsp3) is 0.562. The summed E-state index contributed by atoms with van der Waals surface area (Å²) in [6, 6.07) is 5.88. The molecule has 5 heteroatoms. The molecule has 1 amide bonds. The van der Waals surface area contributed by atoms with Crippen molar-refractivity contribution in [2.24, 2.45) is 0 Å². The monoisotopic (exact) mass is 289 g/mol. The Balaban J connectivity index is 1.80. The summed E-state index contributed by atoms with van der Waals surface area (Å²) in [6.07, 6.45) is 0. The lowest BCUT2D eigenvalue weighted by Crippen LogP contribution is -2.45. The Morgan fingerprint density at radius 1 is 1.33 bits per heavy atom. The van der Waals surface area contributed by atoms with E-state index < -0.39 is 0 Å². The fourth-order valence-electron chi connectivity index (χ4n) is 3.17. The smallest absolute Gasteiger partial charge is 0.241 e. The summed E-state index contributed by atoms with van der Waals surface area (Å²) in [5.41, 5.74) is 8.75. The van der Waals surface area contributed by atoms with Crippen molar-refractivity contribution in [2.75, 3.05) is 50.0 Å². The van der Waals surface area contributed by atoms with E-state index in [0.717, 1.165) is 25.3 Å². The molecule has 0 aliphatic carbocycles. The van der Waals surface area contributed by atoms with Gasteiger partial charge >= 0.3 is 0 Å². The van der Waals surface area contributed by atoms with Crippen molar-refractivity contribution in [1.29, 1.82) is 0 Å². The first kappa shape index (κ1) is 14.4. The van der Waals surface area contributed by atoms with E-state index in [2.05, 4.69) is 18.7 Å². The van der Waals surface area contributed by atoms with Crippen LogP contribution in [0.4, 0.5) is 11.4 Å². The van der Waals surface area contributed by atoms with Crippen LogP contribution in [0.25, 0.3) is 0 Å². The zero-order valence-electron chi connectivity index (χ0n) is 12.8. The number of benzene rings is 1. The van der Waals surface area contributed by atoms with Crippen LogP contribution in [0.3, 0.4) is 0 Å². The maximum atomic E-state index is 12.7. The predicted octanol–water partition coefficient (Wildman–Crippen LogP) is 1.23. The molecular weight excluding hydrogens is 266 g/mol. The Labute approximate surface area is 125 Å². The van der Waals surface area contributed by atoms with Crippen LogP contribution < -0.4 is 10.6 Å². The van der Waals surface area contributed by atoms with Crippen molar-refractivity contribution in [1.82, 2.24) is 4.90 Å². The summed E-state index contributed by atoms with van der Waals surface area (Å²) in [5, 5.41) is 0. The molecule has 0 aromatic heterocycles. The number of morpholine rings is 1. The summed E-state index contributed by atoms with van der Waals surface area (Å²) in [5.74, 6) is 0.148. The number of amides is 1. The Bertz CT molecular complexity index is 550. The average molecular weight is 289 g/mol. The molecule has 0 radical (unpaired) electrons. The number of fused-ring (bicyclic) bond motifs is 1. The van der Waals surface area contributed by atoms with E-state index in [9.17, 15) is 4.79 Å². The van der Waals surface area contributed by atoms with E-state index in [0.29, 0.717) is 25.4 Å². The van der Waals surface area contributed by atoms with Gasteiger partial charge in [-0.3, -0.25) is 9.69 Å². The van der Waals surface area contributed by atoms with Crippen LogP contribution in [0.5, 0.6) is 0 Å². The Hall–Kier alpha value is -1.59. The van der Waals surface area contributed by atoms with Crippen molar-refractivity contribution in [3.8, 4) is 0 Å². The fourth-order valence-corrected chi connectivity index (χ4v) is 3.17. The van der Waals surface area contributed by atoms with Crippen LogP contribution in [0.2, 0.25) is 0 Å². The summed E-state index contributed by atoms with van der Waals surface area (Å²) in [6.45, 7) is 8.58. The molecule has 1 aromatic carbocycles. The minimum Gasteiger partial charge on any atom is -0.399 e. The van der Waals surface area contributed by atoms with E-state index in [-0.39, 0.29) is 11.3 Å². The number of carbonyl (C=O) groups excluding carboxylic acids is 1. The first-order chi connectivity index (χ1) is 9.97. The lowest BCUT2D eigenvalue weighted by Gasteiger charge is -2.28. The van der Waals surface area contributed by atoms with Crippen molar-refractivity contribution in [2.45, 2.75) is 19.3 Å². The second-order valence-corrected chi connectivity index (χ2v) is 6.53. The number of rotatable bonds is 2. The molecule has 3 rings (SSSR count). The van der Waals surface area contributed by atoms with E-state index in [1.165, 1.54) is 5.56 Å². The second-order valence-electron chi connectivity index (χ2n) is 6.53. The number of hydrogen-bond donors (Lipinski definition) is 1. The van der Waals surface area contributed by atoms with E-state index in [1.54, 1.807) is 0 Å². The maximum absolute atomic E-state index is 12.7. The third kappa shape index (κ3) is 2.76.